The molecule has 0 unspecified atom stereocenters. The van der Waals surface area contributed by atoms with Gasteiger partial charge >= 0.3 is 0 Å². The van der Waals surface area contributed by atoms with E-state index in [-0.39, 0.29) is 5.91 Å². The van der Waals surface area contributed by atoms with Gasteiger partial charge in [0.05, 0.1) is 0 Å². The molecule has 0 radical (unpaired) electrons. The molecule has 1 amide bonds. The third-order valence-electron chi connectivity index (χ3n) is 2.45. The van der Waals surface area contributed by atoms with Gasteiger partial charge in [0.25, 0.3) is 0 Å². The van der Waals surface area contributed by atoms with Gasteiger partial charge in [-0.3, -0.25) is 4.79 Å². The predicted molar refractivity (Wildman–Crippen MR) is 66.3 cm³/mol. The van der Waals surface area contributed by atoms with Gasteiger partial charge in [0.2, 0.25) is 5.91 Å². The third-order valence-corrected chi connectivity index (χ3v) is 2.45. The van der Waals surface area contributed by atoms with E-state index in [9.17, 15) is 4.79 Å². The smallest absolute Gasteiger partial charge is 0.225 e. The molecule has 0 saturated carbocycles. The second-order valence-electron chi connectivity index (χ2n) is 4.39. The van der Waals surface area contributed by atoms with Crippen molar-refractivity contribution in [2.24, 2.45) is 5.92 Å². The van der Waals surface area contributed by atoms with E-state index < -0.39 is 0 Å². The van der Waals surface area contributed by atoms with Crippen molar-refractivity contribution in [1.82, 2.24) is 4.98 Å². The highest BCUT2D eigenvalue weighted by Gasteiger charge is 2.04. The zero-order chi connectivity index (χ0) is 12.0. The molecule has 16 heavy (non-hydrogen) atoms. The summed E-state index contributed by atoms with van der Waals surface area (Å²) < 4.78 is 0. The first kappa shape index (κ1) is 12.7. The van der Waals surface area contributed by atoms with Gasteiger partial charge < -0.3 is 5.32 Å². The van der Waals surface area contributed by atoms with Crippen molar-refractivity contribution in [1.29, 1.82) is 0 Å². The Labute approximate surface area is 97.3 Å². The molecule has 3 nitrogen and oxygen atoms in total. The molecule has 1 rings (SSSR count). The van der Waals surface area contributed by atoms with Gasteiger partial charge in [-0.25, -0.2) is 4.98 Å². The molecule has 1 N–H and O–H groups in total. The second-order valence-corrected chi connectivity index (χ2v) is 4.39. The van der Waals surface area contributed by atoms with Crippen LogP contribution >= 0.6 is 0 Å². The van der Waals surface area contributed by atoms with E-state index in [1.165, 1.54) is 5.56 Å². The van der Waals surface area contributed by atoms with Crippen LogP contribution < -0.4 is 5.32 Å². The number of hydrogen-bond donors (Lipinski definition) is 1. The monoisotopic (exact) mass is 220 g/mol. The first-order chi connectivity index (χ1) is 7.61. The first-order valence-electron chi connectivity index (χ1n) is 5.86. The van der Waals surface area contributed by atoms with Crippen molar-refractivity contribution in [3.05, 3.63) is 23.9 Å². The number of carbonyl (C=O) groups excluding carboxylic acids is 1. The fourth-order valence-corrected chi connectivity index (χ4v) is 1.33. The lowest BCUT2D eigenvalue weighted by Gasteiger charge is -2.06. The van der Waals surface area contributed by atoms with E-state index in [0.29, 0.717) is 18.2 Å². The van der Waals surface area contributed by atoms with Crippen LogP contribution in [0, 0.1) is 5.92 Å². The van der Waals surface area contributed by atoms with Crippen LogP contribution in [0.1, 0.15) is 39.2 Å². The molecule has 0 bridgehead atoms. The van der Waals surface area contributed by atoms with Crippen molar-refractivity contribution < 1.29 is 4.79 Å². The van der Waals surface area contributed by atoms with Crippen molar-refractivity contribution in [2.45, 2.75) is 40.0 Å². The van der Waals surface area contributed by atoms with Gasteiger partial charge in [-0.1, -0.05) is 26.8 Å². The molecule has 0 aliphatic carbocycles. The Bertz CT molecular complexity index is 330. The topological polar surface area (TPSA) is 42.0 Å². The maximum Gasteiger partial charge on any atom is 0.225 e. The lowest BCUT2D eigenvalue weighted by Crippen LogP contribution is -2.13. The highest BCUT2D eigenvalue weighted by atomic mass is 16.1. The Hall–Kier alpha value is -1.38. The summed E-state index contributed by atoms with van der Waals surface area (Å²) in [4.78, 5) is 15.7. The molecule has 88 valence electrons. The largest absolute Gasteiger partial charge is 0.311 e. The molecule has 0 fully saturated rings. The summed E-state index contributed by atoms with van der Waals surface area (Å²) in [6.45, 7) is 6.31. The molecule has 0 aliphatic heterocycles. The quantitative estimate of drug-likeness (QED) is 0.828. The number of nitrogens with zero attached hydrogens (tertiary/aromatic N) is 1. The number of rotatable bonds is 5. The standard InChI is InChI=1S/C13H20N2O/c1-4-11-6-7-12(14-9-11)15-13(16)8-5-10(2)3/h6-7,9-10H,4-5,8H2,1-3H3,(H,14,15,16). The van der Waals surface area contributed by atoms with Gasteiger partial charge in [0.1, 0.15) is 5.82 Å². The fourth-order valence-electron chi connectivity index (χ4n) is 1.33. The van der Waals surface area contributed by atoms with E-state index in [4.69, 9.17) is 0 Å². The van der Waals surface area contributed by atoms with Crippen LogP contribution in [0.2, 0.25) is 0 Å². The lowest BCUT2D eigenvalue weighted by molar-refractivity contribution is -0.116. The number of anilines is 1. The predicted octanol–water partition coefficient (Wildman–Crippen LogP) is 3.02. The Morgan fingerprint density at radius 3 is 2.69 bits per heavy atom. The molecule has 1 heterocycles. The van der Waals surface area contributed by atoms with Crippen LogP contribution in [-0.2, 0) is 11.2 Å². The van der Waals surface area contributed by atoms with E-state index >= 15 is 0 Å². The van der Waals surface area contributed by atoms with E-state index in [1.54, 1.807) is 6.20 Å². The molecule has 0 aliphatic rings. The summed E-state index contributed by atoms with van der Waals surface area (Å²) in [5, 5.41) is 2.80. The molecule has 1 aromatic rings. The van der Waals surface area contributed by atoms with Crippen molar-refractivity contribution in [2.75, 3.05) is 5.32 Å². The van der Waals surface area contributed by atoms with Crippen molar-refractivity contribution in [3.63, 3.8) is 0 Å². The first-order valence-corrected chi connectivity index (χ1v) is 5.86. The third kappa shape index (κ3) is 4.43. The van der Waals surface area contributed by atoms with Crippen LogP contribution in [-0.4, -0.2) is 10.9 Å². The number of hydrogen-bond acceptors (Lipinski definition) is 2. The maximum absolute atomic E-state index is 11.5. The fraction of sp³-hybridized carbons (Fsp3) is 0.538. The highest BCUT2D eigenvalue weighted by Crippen LogP contribution is 2.08. The normalized spacial score (nSPS) is 10.5. The van der Waals surface area contributed by atoms with Crippen LogP contribution in [0.5, 0.6) is 0 Å². The Morgan fingerprint density at radius 2 is 2.19 bits per heavy atom. The zero-order valence-electron chi connectivity index (χ0n) is 10.3. The SMILES string of the molecule is CCc1ccc(NC(=O)CCC(C)C)nc1. The van der Waals surface area contributed by atoms with Gasteiger partial charge in [0.15, 0.2) is 0 Å². The van der Waals surface area contributed by atoms with Crippen LogP contribution in [0.3, 0.4) is 0 Å². The van der Waals surface area contributed by atoms with Gasteiger partial charge in [0, 0.05) is 12.6 Å². The summed E-state index contributed by atoms with van der Waals surface area (Å²) in [6, 6.07) is 3.84. The van der Waals surface area contributed by atoms with E-state index in [2.05, 4.69) is 31.1 Å². The number of aryl methyl sites for hydroxylation is 1. The molecular weight excluding hydrogens is 200 g/mol. The molecule has 0 spiro atoms. The summed E-state index contributed by atoms with van der Waals surface area (Å²) in [6.07, 6.45) is 4.25. The molecule has 3 heteroatoms. The maximum atomic E-state index is 11.5. The minimum Gasteiger partial charge on any atom is -0.311 e. The Morgan fingerprint density at radius 1 is 1.44 bits per heavy atom. The van der Waals surface area contributed by atoms with Crippen molar-refractivity contribution in [3.8, 4) is 0 Å². The van der Waals surface area contributed by atoms with Gasteiger partial charge in [-0.15, -0.1) is 0 Å². The number of carbonyl (C=O) groups is 1. The molecular formula is C13H20N2O. The summed E-state index contributed by atoms with van der Waals surface area (Å²) in [5.41, 5.74) is 1.18. The Balaban J connectivity index is 2.43. The molecule has 0 atom stereocenters. The second kappa shape index (κ2) is 6.26. The van der Waals surface area contributed by atoms with E-state index in [0.717, 1.165) is 12.8 Å². The molecule has 0 aromatic carbocycles. The van der Waals surface area contributed by atoms with Gasteiger partial charge in [-0.2, -0.15) is 0 Å². The summed E-state index contributed by atoms with van der Waals surface area (Å²) in [7, 11) is 0. The summed E-state index contributed by atoms with van der Waals surface area (Å²) in [5.74, 6) is 1.25. The highest BCUT2D eigenvalue weighted by molar-refractivity contribution is 5.89. The van der Waals surface area contributed by atoms with Crippen molar-refractivity contribution >= 4 is 11.7 Å². The summed E-state index contributed by atoms with van der Waals surface area (Å²) >= 11 is 0. The average Bonchev–Trinajstić information content (AvgIpc) is 2.27. The average molecular weight is 220 g/mol. The lowest BCUT2D eigenvalue weighted by atomic mass is 10.1. The Kier molecular flexibility index (Phi) is 4.96. The minimum atomic E-state index is 0.0467. The van der Waals surface area contributed by atoms with E-state index in [1.807, 2.05) is 12.1 Å². The molecule has 1 aromatic heterocycles. The minimum absolute atomic E-state index is 0.0467. The number of nitrogens with one attached hydrogen (secondary N) is 1. The van der Waals surface area contributed by atoms with Crippen LogP contribution in [0.15, 0.2) is 18.3 Å². The van der Waals surface area contributed by atoms with Crippen LogP contribution in [0.4, 0.5) is 5.82 Å². The number of aromatic nitrogens is 1. The van der Waals surface area contributed by atoms with Crippen LogP contribution in [0.25, 0.3) is 0 Å². The molecule has 0 saturated heterocycles. The van der Waals surface area contributed by atoms with Gasteiger partial charge in [-0.05, 0) is 30.4 Å². The number of amides is 1. The number of pyridine rings is 1. The zero-order valence-corrected chi connectivity index (χ0v) is 10.3.